The zero-order chi connectivity index (χ0) is 18.3. The van der Waals surface area contributed by atoms with Crippen molar-refractivity contribution in [3.05, 3.63) is 35.1 Å². The summed E-state index contributed by atoms with van der Waals surface area (Å²) in [5.74, 6) is -1.11. The third-order valence-corrected chi connectivity index (χ3v) is 4.90. The second-order valence-electron chi connectivity index (χ2n) is 6.99. The lowest BCUT2D eigenvalue weighted by Gasteiger charge is -2.46. The van der Waals surface area contributed by atoms with E-state index in [1.54, 1.807) is 24.0 Å². The molecule has 1 N–H and O–H groups in total. The molecule has 134 valence electrons. The third kappa shape index (κ3) is 3.10. The van der Waals surface area contributed by atoms with Crippen molar-refractivity contribution in [3.63, 3.8) is 0 Å². The zero-order valence-corrected chi connectivity index (χ0v) is 14.6. The van der Waals surface area contributed by atoms with Crippen LogP contribution in [-0.4, -0.2) is 59.2 Å². The number of amides is 3. The van der Waals surface area contributed by atoms with Crippen LogP contribution in [0.5, 0.6) is 0 Å². The standard InChI is InChI=1S/C18H22FN3O3/c1-10(2)15-18(25)22-7-6-21(9-14(22)16(23)20-15)17(24)12-5-4-11(3)13(19)8-12/h4-5,8,10,14-15H,6-7,9H2,1-3H3,(H,20,23)/t14-,15-/m1/s1. The molecule has 0 bridgehead atoms. The van der Waals surface area contributed by atoms with Crippen molar-refractivity contribution >= 4 is 17.7 Å². The van der Waals surface area contributed by atoms with Crippen LogP contribution in [0.25, 0.3) is 0 Å². The average Bonchev–Trinajstić information content (AvgIpc) is 2.59. The zero-order valence-electron chi connectivity index (χ0n) is 14.6. The number of halogens is 1. The van der Waals surface area contributed by atoms with Crippen molar-refractivity contribution in [1.29, 1.82) is 0 Å². The molecule has 2 fully saturated rings. The van der Waals surface area contributed by atoms with Crippen LogP contribution in [0.3, 0.4) is 0 Å². The number of carbonyl (C=O) groups is 3. The van der Waals surface area contributed by atoms with Crippen molar-refractivity contribution in [1.82, 2.24) is 15.1 Å². The molecule has 0 aliphatic carbocycles. The molecule has 25 heavy (non-hydrogen) atoms. The Morgan fingerprint density at radius 1 is 1.28 bits per heavy atom. The van der Waals surface area contributed by atoms with Crippen molar-refractivity contribution in [2.75, 3.05) is 19.6 Å². The highest BCUT2D eigenvalue weighted by Gasteiger charge is 2.45. The monoisotopic (exact) mass is 347 g/mol. The van der Waals surface area contributed by atoms with E-state index in [9.17, 15) is 18.8 Å². The molecule has 3 rings (SSSR count). The van der Waals surface area contributed by atoms with Gasteiger partial charge in [-0.05, 0) is 30.5 Å². The molecule has 2 atom stereocenters. The Morgan fingerprint density at radius 3 is 2.64 bits per heavy atom. The van der Waals surface area contributed by atoms with Gasteiger partial charge in [0.05, 0.1) is 6.54 Å². The Bertz CT molecular complexity index is 734. The van der Waals surface area contributed by atoms with Crippen molar-refractivity contribution in [2.24, 2.45) is 5.92 Å². The molecule has 1 aromatic carbocycles. The normalized spacial score (nSPS) is 23.6. The van der Waals surface area contributed by atoms with E-state index in [1.165, 1.54) is 11.0 Å². The predicted molar refractivity (Wildman–Crippen MR) is 89.3 cm³/mol. The quantitative estimate of drug-likeness (QED) is 0.866. The summed E-state index contributed by atoms with van der Waals surface area (Å²) in [7, 11) is 0. The Kier molecular flexibility index (Phi) is 4.49. The highest BCUT2D eigenvalue weighted by atomic mass is 19.1. The van der Waals surface area contributed by atoms with Gasteiger partial charge in [-0.2, -0.15) is 0 Å². The minimum Gasteiger partial charge on any atom is -0.342 e. The Morgan fingerprint density at radius 2 is 2.00 bits per heavy atom. The number of nitrogens with one attached hydrogen (secondary N) is 1. The minimum atomic E-state index is -0.685. The summed E-state index contributed by atoms with van der Waals surface area (Å²) in [5, 5.41) is 2.75. The van der Waals surface area contributed by atoms with E-state index in [1.807, 2.05) is 13.8 Å². The maximum absolute atomic E-state index is 13.7. The first-order valence-corrected chi connectivity index (χ1v) is 8.46. The number of hydrogen-bond donors (Lipinski definition) is 1. The van der Waals surface area contributed by atoms with Gasteiger partial charge in [0.25, 0.3) is 5.91 Å². The largest absolute Gasteiger partial charge is 0.342 e. The summed E-state index contributed by atoms with van der Waals surface area (Å²) in [5.41, 5.74) is 0.720. The number of piperazine rings is 2. The van der Waals surface area contributed by atoms with Gasteiger partial charge in [0.2, 0.25) is 11.8 Å². The van der Waals surface area contributed by atoms with Crippen LogP contribution in [0.4, 0.5) is 4.39 Å². The number of aryl methyl sites for hydroxylation is 1. The second kappa shape index (κ2) is 6.46. The van der Waals surface area contributed by atoms with Crippen molar-refractivity contribution in [2.45, 2.75) is 32.9 Å². The molecule has 2 aliphatic rings. The van der Waals surface area contributed by atoms with Gasteiger partial charge in [-0.15, -0.1) is 0 Å². The lowest BCUT2D eigenvalue weighted by atomic mass is 9.96. The predicted octanol–water partition coefficient (Wildman–Crippen LogP) is 0.942. The van der Waals surface area contributed by atoms with Crippen LogP contribution >= 0.6 is 0 Å². The fraction of sp³-hybridized carbons (Fsp3) is 0.500. The van der Waals surface area contributed by atoms with E-state index < -0.39 is 17.9 Å². The number of carbonyl (C=O) groups excluding carboxylic acids is 3. The number of benzene rings is 1. The molecule has 6 nitrogen and oxygen atoms in total. The molecule has 2 saturated heterocycles. The van der Waals surface area contributed by atoms with E-state index in [0.717, 1.165) is 0 Å². The first-order chi connectivity index (χ1) is 11.8. The maximum atomic E-state index is 13.7. The fourth-order valence-electron chi connectivity index (χ4n) is 3.31. The van der Waals surface area contributed by atoms with Crippen LogP contribution in [0.15, 0.2) is 18.2 Å². The number of fused-ring (bicyclic) bond motifs is 1. The lowest BCUT2D eigenvalue weighted by molar-refractivity contribution is -0.153. The van der Waals surface area contributed by atoms with E-state index in [4.69, 9.17) is 0 Å². The van der Waals surface area contributed by atoms with E-state index in [2.05, 4.69) is 5.32 Å². The van der Waals surface area contributed by atoms with Crippen LogP contribution in [0.2, 0.25) is 0 Å². The molecule has 0 saturated carbocycles. The van der Waals surface area contributed by atoms with Crippen molar-refractivity contribution in [3.8, 4) is 0 Å². The molecular weight excluding hydrogens is 325 g/mol. The lowest BCUT2D eigenvalue weighted by Crippen LogP contribution is -2.70. The first kappa shape index (κ1) is 17.4. The van der Waals surface area contributed by atoms with Crippen LogP contribution in [0.1, 0.15) is 29.8 Å². The summed E-state index contributed by atoms with van der Waals surface area (Å²) in [6.45, 7) is 6.15. The molecule has 0 unspecified atom stereocenters. The molecule has 3 amide bonds. The summed E-state index contributed by atoms with van der Waals surface area (Å²) < 4.78 is 13.7. The van der Waals surface area contributed by atoms with Gasteiger partial charge >= 0.3 is 0 Å². The van der Waals surface area contributed by atoms with Gasteiger partial charge in [0.15, 0.2) is 0 Å². The van der Waals surface area contributed by atoms with Gasteiger partial charge in [-0.25, -0.2) is 4.39 Å². The van der Waals surface area contributed by atoms with E-state index in [-0.39, 0.29) is 35.7 Å². The Balaban J connectivity index is 1.76. The van der Waals surface area contributed by atoms with Crippen molar-refractivity contribution < 1.29 is 18.8 Å². The van der Waals surface area contributed by atoms with E-state index >= 15 is 0 Å². The van der Waals surface area contributed by atoms with Crippen LogP contribution in [0, 0.1) is 18.7 Å². The first-order valence-electron chi connectivity index (χ1n) is 8.46. The fourth-order valence-corrected chi connectivity index (χ4v) is 3.31. The molecule has 2 heterocycles. The molecule has 2 aliphatic heterocycles. The molecule has 0 aromatic heterocycles. The average molecular weight is 347 g/mol. The van der Waals surface area contributed by atoms with E-state index in [0.29, 0.717) is 18.7 Å². The molecule has 1 aromatic rings. The summed E-state index contributed by atoms with van der Waals surface area (Å²) in [4.78, 5) is 40.6. The van der Waals surface area contributed by atoms with Gasteiger partial charge in [0, 0.05) is 18.7 Å². The molecule has 0 spiro atoms. The number of hydrogen-bond acceptors (Lipinski definition) is 3. The topological polar surface area (TPSA) is 69.7 Å². The smallest absolute Gasteiger partial charge is 0.254 e. The number of rotatable bonds is 2. The van der Waals surface area contributed by atoms with Crippen LogP contribution < -0.4 is 5.32 Å². The number of nitrogens with zero attached hydrogens (tertiary/aromatic N) is 2. The molecule has 7 heteroatoms. The van der Waals surface area contributed by atoms with Gasteiger partial charge in [0.1, 0.15) is 17.9 Å². The van der Waals surface area contributed by atoms with Gasteiger partial charge < -0.3 is 15.1 Å². The third-order valence-electron chi connectivity index (χ3n) is 4.90. The minimum absolute atomic E-state index is 0.00703. The Hall–Kier alpha value is -2.44. The highest BCUT2D eigenvalue weighted by molar-refractivity contribution is 5.99. The molecule has 0 radical (unpaired) electrons. The molecular formula is C18H22FN3O3. The summed E-state index contributed by atoms with van der Waals surface area (Å²) in [6, 6.07) is 3.15. The van der Waals surface area contributed by atoms with Gasteiger partial charge in [-0.1, -0.05) is 19.9 Å². The Labute approximate surface area is 146 Å². The van der Waals surface area contributed by atoms with Gasteiger partial charge in [-0.3, -0.25) is 14.4 Å². The summed E-state index contributed by atoms with van der Waals surface area (Å²) >= 11 is 0. The highest BCUT2D eigenvalue weighted by Crippen LogP contribution is 2.21. The SMILES string of the molecule is Cc1ccc(C(=O)N2CCN3C(=O)[C@@H](C(C)C)NC(=O)[C@H]3C2)cc1F. The summed E-state index contributed by atoms with van der Waals surface area (Å²) in [6.07, 6.45) is 0. The second-order valence-corrected chi connectivity index (χ2v) is 6.99. The van der Waals surface area contributed by atoms with Crippen LogP contribution in [-0.2, 0) is 9.59 Å². The maximum Gasteiger partial charge on any atom is 0.254 e.